The van der Waals surface area contributed by atoms with E-state index in [1.165, 1.54) is 6.08 Å². The zero-order valence-corrected chi connectivity index (χ0v) is 4.41. The Morgan fingerprint density at radius 3 is 2.38 bits per heavy atom. The van der Waals surface area contributed by atoms with Crippen LogP contribution in [0.25, 0.3) is 0 Å². The molecule has 8 heavy (non-hydrogen) atoms. The number of guanidine groups is 1. The van der Waals surface area contributed by atoms with Crippen LogP contribution in [0.2, 0.25) is 0 Å². The molecule has 0 aliphatic rings. The molecule has 0 aliphatic carbocycles. The number of aliphatic hydroxyl groups is 1. The molecule has 1 atom stereocenters. The van der Waals surface area contributed by atoms with Gasteiger partial charge in [-0.15, -0.1) is 0 Å². The summed E-state index contributed by atoms with van der Waals surface area (Å²) in [4.78, 5) is 3.31. The quantitative estimate of drug-likeness (QED) is 0.239. The van der Waals surface area contributed by atoms with Gasteiger partial charge in [-0.1, -0.05) is 6.58 Å². The molecule has 0 bridgehead atoms. The average Bonchev–Trinajstić information content (AvgIpc) is 1.65. The fourth-order valence-corrected chi connectivity index (χ4v) is 0.205. The molecular formula is C4H9N3O. The molecule has 46 valence electrons. The predicted molar refractivity (Wildman–Crippen MR) is 32.0 cm³/mol. The van der Waals surface area contributed by atoms with Crippen LogP contribution in [0.5, 0.6) is 0 Å². The van der Waals surface area contributed by atoms with E-state index in [4.69, 9.17) is 16.6 Å². The van der Waals surface area contributed by atoms with Gasteiger partial charge in [0.25, 0.3) is 0 Å². The minimum Gasteiger partial charge on any atom is -0.370 e. The summed E-state index contributed by atoms with van der Waals surface area (Å²) in [6.45, 7) is 3.25. The number of hydrogen-bond donors (Lipinski definition) is 3. The normalized spacial score (nSPS) is 12.1. The van der Waals surface area contributed by atoms with Gasteiger partial charge in [-0.25, -0.2) is 4.99 Å². The second-order valence-corrected chi connectivity index (χ2v) is 1.20. The topological polar surface area (TPSA) is 84.6 Å². The highest BCUT2D eigenvalue weighted by Crippen LogP contribution is 1.81. The summed E-state index contributed by atoms with van der Waals surface area (Å²) in [6.07, 6.45) is 0.250. The molecule has 0 radical (unpaired) electrons. The van der Waals surface area contributed by atoms with Crippen molar-refractivity contribution in [1.29, 1.82) is 0 Å². The van der Waals surface area contributed by atoms with Crippen molar-refractivity contribution in [2.75, 3.05) is 0 Å². The molecule has 0 saturated heterocycles. The molecule has 4 nitrogen and oxygen atoms in total. The van der Waals surface area contributed by atoms with E-state index < -0.39 is 6.23 Å². The lowest BCUT2D eigenvalue weighted by Gasteiger charge is -1.95. The van der Waals surface area contributed by atoms with E-state index >= 15 is 0 Å². The van der Waals surface area contributed by atoms with Crippen LogP contribution < -0.4 is 11.5 Å². The molecule has 0 fully saturated rings. The largest absolute Gasteiger partial charge is 0.370 e. The minimum atomic E-state index is -0.972. The highest BCUT2D eigenvalue weighted by molar-refractivity contribution is 5.75. The molecule has 0 amide bonds. The van der Waals surface area contributed by atoms with Crippen LogP contribution in [-0.2, 0) is 0 Å². The molecule has 0 aromatic carbocycles. The Hall–Kier alpha value is -1.03. The zero-order valence-electron chi connectivity index (χ0n) is 4.41. The van der Waals surface area contributed by atoms with Crippen LogP contribution in [0.15, 0.2) is 17.6 Å². The van der Waals surface area contributed by atoms with E-state index in [9.17, 15) is 0 Å². The highest BCUT2D eigenvalue weighted by atomic mass is 16.3. The van der Waals surface area contributed by atoms with Gasteiger partial charge >= 0.3 is 0 Å². The maximum Gasteiger partial charge on any atom is 0.188 e. The smallest absolute Gasteiger partial charge is 0.188 e. The van der Waals surface area contributed by atoms with Crippen molar-refractivity contribution >= 4 is 5.96 Å². The Morgan fingerprint density at radius 2 is 2.25 bits per heavy atom. The van der Waals surface area contributed by atoms with E-state index in [1.54, 1.807) is 0 Å². The van der Waals surface area contributed by atoms with Crippen molar-refractivity contribution in [2.45, 2.75) is 6.23 Å². The third kappa shape index (κ3) is 3.17. The number of nitrogens with zero attached hydrogens (tertiary/aromatic N) is 1. The number of aliphatic imine (C=N–C) groups is 1. The average molecular weight is 115 g/mol. The lowest BCUT2D eigenvalue weighted by atomic mass is 10.6. The summed E-state index contributed by atoms with van der Waals surface area (Å²) >= 11 is 0. The van der Waals surface area contributed by atoms with Crippen LogP contribution >= 0.6 is 0 Å². The monoisotopic (exact) mass is 115 g/mol. The van der Waals surface area contributed by atoms with E-state index in [2.05, 4.69) is 11.6 Å². The fraction of sp³-hybridized carbons (Fsp3) is 0.250. The predicted octanol–water partition coefficient (Wildman–Crippen LogP) is -1.24. The Balaban J connectivity index is 3.68. The van der Waals surface area contributed by atoms with Gasteiger partial charge in [-0.05, 0) is 6.08 Å². The Kier molecular flexibility index (Phi) is 2.64. The molecule has 0 aromatic heterocycles. The second kappa shape index (κ2) is 3.04. The molecule has 0 rings (SSSR count). The van der Waals surface area contributed by atoms with Crippen molar-refractivity contribution in [3.63, 3.8) is 0 Å². The van der Waals surface area contributed by atoms with Crippen LogP contribution in [0, 0.1) is 0 Å². The zero-order chi connectivity index (χ0) is 6.57. The molecule has 0 aliphatic heterocycles. The van der Waals surface area contributed by atoms with Crippen molar-refractivity contribution in [3.05, 3.63) is 12.7 Å². The maximum atomic E-state index is 8.56. The Labute approximate surface area is 47.5 Å². The summed E-state index contributed by atoms with van der Waals surface area (Å²) < 4.78 is 0. The van der Waals surface area contributed by atoms with Gasteiger partial charge in [0.2, 0.25) is 0 Å². The molecule has 4 heteroatoms. The highest BCUT2D eigenvalue weighted by Gasteiger charge is 1.89. The second-order valence-electron chi connectivity index (χ2n) is 1.20. The number of hydrogen-bond acceptors (Lipinski definition) is 2. The van der Waals surface area contributed by atoms with Crippen molar-refractivity contribution < 1.29 is 5.11 Å². The first kappa shape index (κ1) is 6.97. The first-order chi connectivity index (χ1) is 3.66. The van der Waals surface area contributed by atoms with Gasteiger partial charge < -0.3 is 16.6 Å². The SMILES string of the molecule is C=CC(O)N=C(N)N. The van der Waals surface area contributed by atoms with Crippen LogP contribution in [0.3, 0.4) is 0 Å². The van der Waals surface area contributed by atoms with E-state index in [1.807, 2.05) is 0 Å². The fourth-order valence-electron chi connectivity index (χ4n) is 0.205. The Morgan fingerprint density at radius 1 is 1.75 bits per heavy atom. The number of rotatable bonds is 2. The summed E-state index contributed by atoms with van der Waals surface area (Å²) in [5.74, 6) is -0.141. The van der Waals surface area contributed by atoms with Crippen LogP contribution in [0.4, 0.5) is 0 Å². The van der Waals surface area contributed by atoms with Gasteiger partial charge in [0.05, 0.1) is 0 Å². The lowest BCUT2D eigenvalue weighted by molar-refractivity contribution is 0.234. The molecule has 5 N–H and O–H groups in total. The summed E-state index contributed by atoms with van der Waals surface area (Å²) in [6, 6.07) is 0. The Bertz CT molecular complexity index is 106. The molecule has 0 heterocycles. The van der Waals surface area contributed by atoms with Gasteiger partial charge in [0.15, 0.2) is 12.2 Å². The summed E-state index contributed by atoms with van der Waals surface area (Å²) in [7, 11) is 0. The third-order valence-corrected chi connectivity index (χ3v) is 0.492. The van der Waals surface area contributed by atoms with Crippen molar-refractivity contribution in [3.8, 4) is 0 Å². The number of aliphatic hydroxyl groups excluding tert-OH is 1. The van der Waals surface area contributed by atoms with Crippen molar-refractivity contribution in [1.82, 2.24) is 0 Å². The summed E-state index contributed by atoms with van der Waals surface area (Å²) in [5, 5.41) is 8.56. The number of nitrogens with two attached hydrogens (primary N) is 2. The van der Waals surface area contributed by atoms with Gasteiger partial charge in [-0.3, -0.25) is 0 Å². The maximum absolute atomic E-state index is 8.56. The van der Waals surface area contributed by atoms with Crippen LogP contribution in [-0.4, -0.2) is 17.3 Å². The molecule has 0 aromatic rings. The van der Waals surface area contributed by atoms with Crippen molar-refractivity contribution in [2.24, 2.45) is 16.5 Å². The molecule has 0 saturated carbocycles. The van der Waals surface area contributed by atoms with Gasteiger partial charge in [0, 0.05) is 0 Å². The molecule has 0 spiro atoms. The molecular weight excluding hydrogens is 106 g/mol. The van der Waals surface area contributed by atoms with E-state index in [0.29, 0.717) is 0 Å². The van der Waals surface area contributed by atoms with E-state index in [-0.39, 0.29) is 5.96 Å². The lowest BCUT2D eigenvalue weighted by Crippen LogP contribution is -2.24. The minimum absolute atomic E-state index is 0.141. The van der Waals surface area contributed by atoms with Gasteiger partial charge in [0.1, 0.15) is 0 Å². The van der Waals surface area contributed by atoms with E-state index in [0.717, 1.165) is 0 Å². The van der Waals surface area contributed by atoms with Gasteiger partial charge in [-0.2, -0.15) is 0 Å². The van der Waals surface area contributed by atoms with Crippen LogP contribution in [0.1, 0.15) is 0 Å². The third-order valence-electron chi connectivity index (χ3n) is 0.492. The first-order valence-electron chi connectivity index (χ1n) is 2.06. The summed E-state index contributed by atoms with van der Waals surface area (Å²) in [5.41, 5.74) is 9.78. The first-order valence-corrected chi connectivity index (χ1v) is 2.06. The molecule has 1 unspecified atom stereocenters. The standard InChI is InChI=1S/C4H9N3O/c1-2-3(8)7-4(5)6/h2-3,8H,1H2,(H4,5,6,7).